The number of fused-ring (bicyclic) bond motifs is 1. The van der Waals surface area contributed by atoms with Crippen molar-refractivity contribution in [3.63, 3.8) is 0 Å². The van der Waals surface area contributed by atoms with Gasteiger partial charge in [-0.25, -0.2) is 9.37 Å². The zero-order valence-electron chi connectivity index (χ0n) is 14.1. The van der Waals surface area contributed by atoms with Crippen LogP contribution in [-0.2, 0) is 4.74 Å². The van der Waals surface area contributed by atoms with Crippen molar-refractivity contribution in [3.05, 3.63) is 48.2 Å². The van der Waals surface area contributed by atoms with Crippen LogP contribution in [0.15, 0.2) is 41.0 Å². The normalized spacial score (nSPS) is 15.4. The number of morpholine rings is 1. The third-order valence-corrected chi connectivity index (χ3v) is 5.48. The van der Waals surface area contributed by atoms with Crippen molar-refractivity contribution < 1.29 is 23.2 Å². The summed E-state index contributed by atoms with van der Waals surface area (Å²) in [5, 5.41) is 0.555. The van der Waals surface area contributed by atoms with Gasteiger partial charge >= 0.3 is 0 Å². The molecule has 1 N–H and O–H groups in total. The highest BCUT2D eigenvalue weighted by Gasteiger charge is 2.25. The van der Waals surface area contributed by atoms with Crippen LogP contribution >= 0.6 is 11.3 Å². The lowest BCUT2D eigenvalue weighted by atomic mass is 10.3. The largest absolute Gasteiger partial charge is 0.459 e. The SMILES string of the molecule is O=C(c1ccco1)N(CC[NH+]1CCOCC1)c1nc2ccc(F)cc2s1. The number of ether oxygens (including phenoxy) is 1. The van der Waals surface area contributed by atoms with Crippen LogP contribution in [0, 0.1) is 5.82 Å². The Hall–Kier alpha value is -2.29. The van der Waals surface area contributed by atoms with E-state index >= 15 is 0 Å². The average molecular weight is 376 g/mol. The highest BCUT2D eigenvalue weighted by Crippen LogP contribution is 2.30. The van der Waals surface area contributed by atoms with Gasteiger partial charge in [0, 0.05) is 0 Å². The summed E-state index contributed by atoms with van der Waals surface area (Å²) in [7, 11) is 0. The molecule has 4 rings (SSSR count). The molecule has 136 valence electrons. The topological polar surface area (TPSA) is 60.0 Å². The summed E-state index contributed by atoms with van der Waals surface area (Å²) < 4.78 is 24.9. The van der Waals surface area contributed by atoms with Crippen LogP contribution in [0.5, 0.6) is 0 Å². The Labute approximate surface area is 153 Å². The van der Waals surface area contributed by atoms with Crippen molar-refractivity contribution in [2.45, 2.75) is 0 Å². The van der Waals surface area contributed by atoms with Crippen molar-refractivity contribution in [2.24, 2.45) is 0 Å². The average Bonchev–Trinajstić information content (AvgIpc) is 3.32. The van der Waals surface area contributed by atoms with E-state index in [9.17, 15) is 9.18 Å². The first-order chi connectivity index (χ1) is 12.7. The number of carbonyl (C=O) groups excluding carboxylic acids is 1. The summed E-state index contributed by atoms with van der Waals surface area (Å²) in [4.78, 5) is 20.5. The molecule has 0 atom stereocenters. The minimum atomic E-state index is -0.311. The third-order valence-electron chi connectivity index (χ3n) is 4.44. The summed E-state index contributed by atoms with van der Waals surface area (Å²) in [5.41, 5.74) is 0.683. The Balaban J connectivity index is 1.60. The Morgan fingerprint density at radius 1 is 1.31 bits per heavy atom. The van der Waals surface area contributed by atoms with E-state index < -0.39 is 0 Å². The van der Waals surface area contributed by atoms with E-state index in [0.717, 1.165) is 37.5 Å². The molecule has 1 saturated heterocycles. The molecule has 0 aliphatic carbocycles. The van der Waals surface area contributed by atoms with Crippen molar-refractivity contribution in [2.75, 3.05) is 44.3 Å². The summed E-state index contributed by atoms with van der Waals surface area (Å²) in [6, 6.07) is 7.78. The Morgan fingerprint density at radius 3 is 2.92 bits per heavy atom. The molecule has 6 nitrogen and oxygen atoms in total. The maximum absolute atomic E-state index is 13.5. The van der Waals surface area contributed by atoms with Gasteiger partial charge in [0.25, 0.3) is 5.91 Å². The monoisotopic (exact) mass is 376 g/mol. The van der Waals surface area contributed by atoms with Gasteiger partial charge in [-0.05, 0) is 30.3 Å². The number of carbonyl (C=O) groups is 1. The predicted octanol–water partition coefficient (Wildman–Crippen LogP) is 1.59. The highest BCUT2D eigenvalue weighted by molar-refractivity contribution is 7.22. The highest BCUT2D eigenvalue weighted by atomic mass is 32.1. The fraction of sp³-hybridized carbons (Fsp3) is 0.333. The molecule has 0 bridgehead atoms. The van der Waals surface area contributed by atoms with Gasteiger partial charge in [-0.2, -0.15) is 0 Å². The number of amides is 1. The van der Waals surface area contributed by atoms with Gasteiger partial charge in [0.15, 0.2) is 10.9 Å². The van der Waals surface area contributed by atoms with Crippen molar-refractivity contribution >= 4 is 32.6 Å². The Bertz CT molecular complexity index is 890. The van der Waals surface area contributed by atoms with Crippen LogP contribution in [0.25, 0.3) is 10.2 Å². The molecular formula is C18H19FN3O3S+. The molecule has 0 radical (unpaired) electrons. The van der Waals surface area contributed by atoms with Gasteiger partial charge in [0.1, 0.15) is 18.9 Å². The number of aromatic nitrogens is 1. The van der Waals surface area contributed by atoms with E-state index in [0.29, 0.717) is 17.2 Å². The molecule has 0 saturated carbocycles. The van der Waals surface area contributed by atoms with Crippen molar-refractivity contribution in [3.8, 4) is 0 Å². The summed E-state index contributed by atoms with van der Waals surface area (Å²) in [6.45, 7) is 4.63. The predicted molar refractivity (Wildman–Crippen MR) is 96.3 cm³/mol. The number of benzene rings is 1. The van der Waals surface area contributed by atoms with Crippen LogP contribution in [0.3, 0.4) is 0 Å². The minimum absolute atomic E-state index is 0.234. The molecule has 1 amide bonds. The molecular weight excluding hydrogens is 357 g/mol. The van der Waals surface area contributed by atoms with Gasteiger partial charge < -0.3 is 14.1 Å². The lowest BCUT2D eigenvalue weighted by molar-refractivity contribution is -0.906. The molecule has 0 unspecified atom stereocenters. The summed E-state index contributed by atoms with van der Waals surface area (Å²) in [5.74, 6) is -0.274. The second kappa shape index (κ2) is 7.53. The fourth-order valence-corrected chi connectivity index (χ4v) is 4.01. The fourth-order valence-electron chi connectivity index (χ4n) is 3.00. The number of nitrogens with one attached hydrogen (secondary N) is 1. The summed E-state index contributed by atoms with van der Waals surface area (Å²) in [6.07, 6.45) is 1.48. The standard InChI is InChI=1S/C18H18FN3O3S/c19-13-3-4-14-16(12-13)26-18(20-14)22(17(23)15-2-1-9-25-15)6-5-21-7-10-24-11-8-21/h1-4,9,12H,5-8,10-11H2/p+1. The van der Waals surface area contributed by atoms with Gasteiger partial charge in [0.05, 0.1) is 42.8 Å². The van der Waals surface area contributed by atoms with E-state index in [1.165, 1.54) is 34.6 Å². The van der Waals surface area contributed by atoms with E-state index in [1.54, 1.807) is 23.1 Å². The molecule has 0 spiro atoms. The maximum Gasteiger partial charge on any atom is 0.295 e. The number of anilines is 1. The lowest BCUT2D eigenvalue weighted by Gasteiger charge is -2.26. The number of furan rings is 1. The van der Waals surface area contributed by atoms with Crippen molar-refractivity contribution in [1.29, 1.82) is 0 Å². The molecule has 3 aromatic rings. The molecule has 1 aliphatic rings. The molecule has 3 heterocycles. The number of quaternary nitrogens is 1. The molecule has 1 fully saturated rings. The first-order valence-corrected chi connectivity index (χ1v) is 9.35. The van der Waals surface area contributed by atoms with Gasteiger partial charge in [-0.3, -0.25) is 9.69 Å². The van der Waals surface area contributed by atoms with Crippen LogP contribution in [0.1, 0.15) is 10.6 Å². The lowest BCUT2D eigenvalue weighted by Crippen LogP contribution is -3.14. The van der Waals surface area contributed by atoms with Crippen molar-refractivity contribution in [1.82, 2.24) is 4.98 Å². The third kappa shape index (κ3) is 3.62. The Morgan fingerprint density at radius 2 is 2.15 bits per heavy atom. The molecule has 1 aliphatic heterocycles. The van der Waals surface area contributed by atoms with Crippen LogP contribution in [-0.4, -0.2) is 50.3 Å². The molecule has 8 heteroatoms. The quantitative estimate of drug-likeness (QED) is 0.735. The zero-order chi connectivity index (χ0) is 17.9. The van der Waals surface area contributed by atoms with Crippen LogP contribution in [0.4, 0.5) is 9.52 Å². The Kier molecular flexibility index (Phi) is 4.96. The first kappa shape index (κ1) is 17.1. The number of halogens is 1. The zero-order valence-corrected chi connectivity index (χ0v) is 14.9. The first-order valence-electron chi connectivity index (χ1n) is 8.53. The number of hydrogen-bond donors (Lipinski definition) is 1. The second-order valence-electron chi connectivity index (χ2n) is 6.15. The number of thiazole rings is 1. The summed E-state index contributed by atoms with van der Waals surface area (Å²) >= 11 is 1.31. The molecule has 2 aromatic heterocycles. The van der Waals surface area contributed by atoms with E-state index in [1.807, 2.05) is 0 Å². The smallest absolute Gasteiger partial charge is 0.295 e. The van der Waals surface area contributed by atoms with Gasteiger partial charge in [-0.15, -0.1) is 0 Å². The second-order valence-corrected chi connectivity index (χ2v) is 7.16. The number of nitrogens with zero attached hydrogens (tertiary/aromatic N) is 2. The van der Waals surface area contributed by atoms with Gasteiger partial charge in [0.2, 0.25) is 0 Å². The number of hydrogen-bond acceptors (Lipinski definition) is 5. The number of rotatable bonds is 5. The van der Waals surface area contributed by atoms with E-state index in [4.69, 9.17) is 9.15 Å². The minimum Gasteiger partial charge on any atom is -0.459 e. The van der Waals surface area contributed by atoms with Crippen LogP contribution < -0.4 is 9.80 Å². The molecule has 1 aromatic carbocycles. The maximum atomic E-state index is 13.5. The van der Waals surface area contributed by atoms with Gasteiger partial charge in [-0.1, -0.05) is 11.3 Å². The van der Waals surface area contributed by atoms with Crippen LogP contribution in [0.2, 0.25) is 0 Å². The van der Waals surface area contributed by atoms with E-state index in [-0.39, 0.29) is 17.5 Å². The molecule has 26 heavy (non-hydrogen) atoms. The van der Waals surface area contributed by atoms with E-state index in [2.05, 4.69) is 4.98 Å².